The summed E-state index contributed by atoms with van der Waals surface area (Å²) in [5, 5.41) is 2.90. The van der Waals surface area contributed by atoms with E-state index in [4.69, 9.17) is 4.74 Å². The van der Waals surface area contributed by atoms with Crippen LogP contribution in [0, 0.1) is 0 Å². The van der Waals surface area contributed by atoms with E-state index in [9.17, 15) is 13.2 Å². The molecule has 0 bridgehead atoms. The molecule has 0 aliphatic heterocycles. The summed E-state index contributed by atoms with van der Waals surface area (Å²) < 4.78 is 32.5. The van der Waals surface area contributed by atoms with Crippen LogP contribution in [0.1, 0.15) is 24.1 Å². The summed E-state index contributed by atoms with van der Waals surface area (Å²) in [6.07, 6.45) is 2.02. The van der Waals surface area contributed by atoms with E-state index in [0.29, 0.717) is 5.75 Å². The van der Waals surface area contributed by atoms with Gasteiger partial charge in [-0.2, -0.15) is 4.31 Å². The van der Waals surface area contributed by atoms with Crippen molar-refractivity contribution in [1.29, 1.82) is 0 Å². The molecule has 0 aliphatic rings. The molecule has 0 radical (unpaired) electrons. The van der Waals surface area contributed by atoms with Crippen molar-refractivity contribution in [3.8, 4) is 5.75 Å². The monoisotopic (exact) mass is 484 g/mol. The van der Waals surface area contributed by atoms with Crippen molar-refractivity contribution >= 4 is 27.7 Å². The Morgan fingerprint density at radius 2 is 1.64 bits per heavy atom. The SMILES string of the molecule is CSc1ccc([C@H](C)NC(=O)COc2ccc(S(=O)(=O)N(C)Cc3ccccc3)cc2)cc1. The number of ether oxygens (including phenoxy) is 1. The van der Waals surface area contributed by atoms with Gasteiger partial charge >= 0.3 is 0 Å². The number of hydrogen-bond acceptors (Lipinski definition) is 5. The minimum Gasteiger partial charge on any atom is -0.484 e. The van der Waals surface area contributed by atoms with Gasteiger partial charge in [0.2, 0.25) is 10.0 Å². The summed E-state index contributed by atoms with van der Waals surface area (Å²) in [7, 11) is -2.09. The van der Waals surface area contributed by atoms with Gasteiger partial charge in [-0.15, -0.1) is 11.8 Å². The second-order valence-electron chi connectivity index (χ2n) is 7.57. The first-order valence-corrected chi connectivity index (χ1v) is 13.1. The highest BCUT2D eigenvalue weighted by Crippen LogP contribution is 2.21. The van der Waals surface area contributed by atoms with Crippen molar-refractivity contribution in [3.63, 3.8) is 0 Å². The van der Waals surface area contributed by atoms with Crippen molar-refractivity contribution in [1.82, 2.24) is 9.62 Å². The van der Waals surface area contributed by atoms with Crippen molar-refractivity contribution in [2.75, 3.05) is 19.9 Å². The highest BCUT2D eigenvalue weighted by atomic mass is 32.2. The zero-order chi connectivity index (χ0) is 23.8. The van der Waals surface area contributed by atoms with E-state index in [1.165, 1.54) is 16.4 Å². The summed E-state index contributed by atoms with van der Waals surface area (Å²) in [6, 6.07) is 23.4. The molecule has 1 N–H and O–H groups in total. The minimum atomic E-state index is -3.64. The number of nitrogens with zero attached hydrogens (tertiary/aromatic N) is 1. The van der Waals surface area contributed by atoms with Gasteiger partial charge in [0, 0.05) is 18.5 Å². The maximum absolute atomic E-state index is 12.8. The Hall–Kier alpha value is -2.81. The van der Waals surface area contributed by atoms with Gasteiger partial charge in [-0.3, -0.25) is 4.79 Å². The molecule has 8 heteroatoms. The lowest BCUT2D eigenvalue weighted by Gasteiger charge is -2.18. The number of carbonyl (C=O) groups excluding carboxylic acids is 1. The van der Waals surface area contributed by atoms with E-state index in [2.05, 4.69) is 5.32 Å². The standard InChI is InChI=1S/C25H28N2O4S2/c1-19(21-9-13-23(32-3)14-10-21)26-25(28)18-31-22-11-15-24(16-12-22)33(29,30)27(2)17-20-7-5-4-6-8-20/h4-16,19H,17-18H2,1-3H3,(H,26,28)/t19-/m0/s1. The number of sulfonamides is 1. The molecule has 3 aromatic carbocycles. The van der Waals surface area contributed by atoms with Crippen LogP contribution < -0.4 is 10.1 Å². The number of amides is 1. The molecule has 1 atom stereocenters. The Balaban J connectivity index is 1.53. The number of thioether (sulfide) groups is 1. The molecule has 0 spiro atoms. The van der Waals surface area contributed by atoms with Crippen molar-refractivity contribution in [2.45, 2.75) is 29.3 Å². The van der Waals surface area contributed by atoms with Crippen LogP contribution in [0.2, 0.25) is 0 Å². The van der Waals surface area contributed by atoms with Crippen molar-refractivity contribution in [3.05, 3.63) is 90.0 Å². The Morgan fingerprint density at radius 3 is 2.24 bits per heavy atom. The fraction of sp³-hybridized carbons (Fsp3) is 0.240. The summed E-state index contributed by atoms with van der Waals surface area (Å²) in [5.74, 6) is 0.169. The van der Waals surface area contributed by atoms with E-state index in [1.807, 2.05) is 67.8 Å². The molecule has 0 heterocycles. The zero-order valence-electron chi connectivity index (χ0n) is 18.9. The third-order valence-electron chi connectivity index (χ3n) is 5.14. The first kappa shape index (κ1) is 24.8. The smallest absolute Gasteiger partial charge is 0.258 e. The predicted molar refractivity (Wildman–Crippen MR) is 132 cm³/mol. The maximum atomic E-state index is 12.8. The average molecular weight is 485 g/mol. The molecule has 0 saturated heterocycles. The fourth-order valence-corrected chi connectivity index (χ4v) is 4.79. The second-order valence-corrected chi connectivity index (χ2v) is 10.5. The van der Waals surface area contributed by atoms with Crippen molar-refractivity contribution in [2.24, 2.45) is 0 Å². The number of benzene rings is 3. The maximum Gasteiger partial charge on any atom is 0.258 e. The summed E-state index contributed by atoms with van der Waals surface area (Å²) in [4.78, 5) is 13.6. The average Bonchev–Trinajstić information content (AvgIpc) is 2.83. The van der Waals surface area contributed by atoms with Gasteiger partial charge in [0.15, 0.2) is 6.61 Å². The number of nitrogens with one attached hydrogen (secondary N) is 1. The van der Waals surface area contributed by atoms with Gasteiger partial charge in [-0.1, -0.05) is 42.5 Å². The quantitative estimate of drug-likeness (QED) is 0.429. The Labute approximate surface area is 200 Å². The van der Waals surface area contributed by atoms with Crippen LogP contribution in [0.4, 0.5) is 0 Å². The van der Waals surface area contributed by atoms with Gasteiger partial charge in [-0.25, -0.2) is 8.42 Å². The molecule has 6 nitrogen and oxygen atoms in total. The lowest BCUT2D eigenvalue weighted by molar-refractivity contribution is -0.123. The third-order valence-corrected chi connectivity index (χ3v) is 7.70. The van der Waals surface area contributed by atoms with Gasteiger partial charge in [0.25, 0.3) is 5.91 Å². The Bertz CT molecular complexity index is 1150. The fourth-order valence-electron chi connectivity index (χ4n) is 3.22. The molecule has 0 fully saturated rings. The molecule has 0 aliphatic carbocycles. The second kappa shape index (κ2) is 11.4. The number of hydrogen-bond donors (Lipinski definition) is 1. The van der Waals surface area contributed by atoms with E-state index in [0.717, 1.165) is 16.0 Å². The van der Waals surface area contributed by atoms with E-state index < -0.39 is 10.0 Å². The first-order chi connectivity index (χ1) is 15.8. The van der Waals surface area contributed by atoms with Crippen molar-refractivity contribution < 1.29 is 17.9 Å². The number of carbonyl (C=O) groups is 1. The largest absolute Gasteiger partial charge is 0.484 e. The topological polar surface area (TPSA) is 75.7 Å². The zero-order valence-corrected chi connectivity index (χ0v) is 20.5. The van der Waals surface area contributed by atoms with Crippen LogP contribution in [-0.2, 0) is 21.4 Å². The van der Waals surface area contributed by atoms with Crippen LogP contribution in [0.15, 0.2) is 88.7 Å². The third kappa shape index (κ3) is 6.83. The molecule has 3 rings (SSSR count). The van der Waals surface area contributed by atoms with E-state index in [-0.39, 0.29) is 30.0 Å². The summed E-state index contributed by atoms with van der Waals surface area (Å²) in [6.45, 7) is 2.03. The number of rotatable bonds is 10. The molecule has 174 valence electrons. The predicted octanol–water partition coefficient (Wildman–Crippen LogP) is 4.49. The Morgan fingerprint density at radius 1 is 1.00 bits per heavy atom. The van der Waals surface area contributed by atoms with E-state index in [1.54, 1.807) is 30.9 Å². The summed E-state index contributed by atoms with van der Waals surface area (Å²) in [5.41, 5.74) is 1.92. The van der Waals surface area contributed by atoms with E-state index >= 15 is 0 Å². The molecular formula is C25H28N2O4S2. The highest BCUT2D eigenvalue weighted by Gasteiger charge is 2.21. The van der Waals surface area contributed by atoms with Crippen LogP contribution in [-0.4, -0.2) is 38.5 Å². The van der Waals surface area contributed by atoms with Crippen LogP contribution in [0.3, 0.4) is 0 Å². The van der Waals surface area contributed by atoms with Gasteiger partial charge < -0.3 is 10.1 Å². The highest BCUT2D eigenvalue weighted by molar-refractivity contribution is 7.98. The van der Waals surface area contributed by atoms with Crippen LogP contribution in [0.5, 0.6) is 5.75 Å². The lowest BCUT2D eigenvalue weighted by atomic mass is 10.1. The van der Waals surface area contributed by atoms with Crippen LogP contribution >= 0.6 is 11.8 Å². The molecular weight excluding hydrogens is 456 g/mol. The van der Waals surface area contributed by atoms with Gasteiger partial charge in [-0.05, 0) is 60.7 Å². The molecule has 0 unspecified atom stereocenters. The molecule has 33 heavy (non-hydrogen) atoms. The minimum absolute atomic E-state index is 0.148. The van der Waals surface area contributed by atoms with Crippen LogP contribution in [0.25, 0.3) is 0 Å². The first-order valence-electron chi connectivity index (χ1n) is 10.5. The van der Waals surface area contributed by atoms with Gasteiger partial charge in [0.05, 0.1) is 10.9 Å². The van der Waals surface area contributed by atoms with Gasteiger partial charge in [0.1, 0.15) is 5.75 Å². The Kier molecular flexibility index (Phi) is 8.55. The molecule has 0 saturated carbocycles. The molecule has 1 amide bonds. The normalized spacial score (nSPS) is 12.4. The molecule has 3 aromatic rings. The lowest BCUT2D eigenvalue weighted by Crippen LogP contribution is -2.31. The summed E-state index contributed by atoms with van der Waals surface area (Å²) >= 11 is 1.67. The molecule has 0 aromatic heterocycles.